The Morgan fingerprint density at radius 3 is 2.90 bits per heavy atom. The minimum atomic E-state index is -1.22. The summed E-state index contributed by atoms with van der Waals surface area (Å²) in [6, 6.07) is 2.36. The number of benzene rings is 1. The van der Waals surface area contributed by atoms with Crippen molar-refractivity contribution in [2.24, 2.45) is 5.92 Å². The largest absolute Gasteiger partial charge is 0.493 e. The first-order valence-electron chi connectivity index (χ1n) is 6.22. The van der Waals surface area contributed by atoms with Gasteiger partial charge in [-0.25, -0.2) is 4.79 Å². The fraction of sp³-hybridized carbons (Fsp3) is 0.462. The Balaban J connectivity index is 2.25. The Kier molecular flexibility index (Phi) is 4.19. The summed E-state index contributed by atoms with van der Waals surface area (Å²) in [6.07, 6.45) is 0.875. The summed E-state index contributed by atoms with van der Waals surface area (Å²) in [5.41, 5.74) is -0.0681. The monoisotopic (exact) mass is 281 g/mol. The van der Waals surface area contributed by atoms with E-state index >= 15 is 0 Å². The molecule has 1 aromatic carbocycles. The first-order chi connectivity index (χ1) is 9.49. The van der Waals surface area contributed by atoms with Crippen molar-refractivity contribution in [1.29, 1.82) is 0 Å². The van der Waals surface area contributed by atoms with Gasteiger partial charge in [0.2, 0.25) is 0 Å². The molecule has 7 nitrogen and oxygen atoms in total. The van der Waals surface area contributed by atoms with Gasteiger partial charge in [-0.1, -0.05) is 0 Å². The van der Waals surface area contributed by atoms with E-state index in [2.05, 4.69) is 0 Å². The fourth-order valence-corrected chi connectivity index (χ4v) is 2.06. The highest BCUT2D eigenvalue weighted by Gasteiger charge is 2.22. The standard InChI is InChI=1S/C13H15NO6/c1-8-11(14(17)18)4-10(13(15)16)5-12(8)20-7-9-2-3-19-6-9/h4-5,9H,2-3,6-7H2,1H3,(H,15,16). The molecule has 1 unspecified atom stereocenters. The van der Waals surface area contributed by atoms with Gasteiger partial charge in [0, 0.05) is 18.6 Å². The molecule has 7 heteroatoms. The zero-order chi connectivity index (χ0) is 14.7. The van der Waals surface area contributed by atoms with E-state index in [0.717, 1.165) is 12.5 Å². The van der Waals surface area contributed by atoms with E-state index in [9.17, 15) is 14.9 Å². The first-order valence-corrected chi connectivity index (χ1v) is 6.22. The van der Waals surface area contributed by atoms with Crippen LogP contribution >= 0.6 is 0 Å². The normalized spacial score (nSPS) is 17.9. The van der Waals surface area contributed by atoms with E-state index < -0.39 is 10.9 Å². The summed E-state index contributed by atoms with van der Waals surface area (Å²) >= 11 is 0. The molecule has 1 fully saturated rings. The molecule has 1 aliphatic heterocycles. The summed E-state index contributed by atoms with van der Waals surface area (Å²) in [6.45, 7) is 3.19. The van der Waals surface area contributed by atoms with Gasteiger partial charge in [-0.3, -0.25) is 10.1 Å². The summed E-state index contributed by atoms with van der Waals surface area (Å²) in [5.74, 6) is -0.743. The summed E-state index contributed by atoms with van der Waals surface area (Å²) in [7, 11) is 0. The van der Waals surface area contributed by atoms with Crippen molar-refractivity contribution in [1.82, 2.24) is 0 Å². The van der Waals surface area contributed by atoms with Crippen LogP contribution in [0, 0.1) is 23.0 Å². The number of nitro benzene ring substituents is 1. The maximum atomic E-state index is 11.0. The number of aromatic carboxylic acids is 1. The molecule has 1 heterocycles. The number of rotatable bonds is 5. The van der Waals surface area contributed by atoms with Crippen LogP contribution in [0.4, 0.5) is 5.69 Å². The Hall–Kier alpha value is -2.15. The van der Waals surface area contributed by atoms with Crippen LogP contribution in [-0.4, -0.2) is 35.8 Å². The minimum Gasteiger partial charge on any atom is -0.493 e. The van der Waals surface area contributed by atoms with E-state index in [4.69, 9.17) is 14.6 Å². The smallest absolute Gasteiger partial charge is 0.336 e. The van der Waals surface area contributed by atoms with Crippen molar-refractivity contribution in [2.45, 2.75) is 13.3 Å². The number of carboxylic acid groups (broad SMARTS) is 1. The Bertz CT molecular complexity index is 536. The van der Waals surface area contributed by atoms with Gasteiger partial charge in [-0.2, -0.15) is 0 Å². The average Bonchev–Trinajstić information content (AvgIpc) is 2.90. The topological polar surface area (TPSA) is 98.9 Å². The van der Waals surface area contributed by atoms with Gasteiger partial charge >= 0.3 is 5.97 Å². The van der Waals surface area contributed by atoms with Crippen molar-refractivity contribution < 1.29 is 24.3 Å². The molecule has 20 heavy (non-hydrogen) atoms. The van der Waals surface area contributed by atoms with Crippen LogP contribution < -0.4 is 4.74 Å². The third kappa shape index (κ3) is 3.05. The Labute approximate surface area is 115 Å². The first kappa shape index (κ1) is 14.3. The molecule has 1 aliphatic rings. The molecular weight excluding hydrogens is 266 g/mol. The lowest BCUT2D eigenvalue weighted by Crippen LogP contribution is -2.13. The molecule has 0 saturated carbocycles. The van der Waals surface area contributed by atoms with Gasteiger partial charge in [-0.15, -0.1) is 0 Å². The number of hydrogen-bond acceptors (Lipinski definition) is 5. The molecule has 0 radical (unpaired) electrons. The molecule has 1 atom stereocenters. The maximum absolute atomic E-state index is 11.0. The maximum Gasteiger partial charge on any atom is 0.336 e. The highest BCUT2D eigenvalue weighted by atomic mass is 16.6. The zero-order valence-corrected chi connectivity index (χ0v) is 11.0. The van der Waals surface area contributed by atoms with Crippen LogP contribution in [0.1, 0.15) is 22.3 Å². The predicted molar refractivity (Wildman–Crippen MR) is 69.2 cm³/mol. The van der Waals surface area contributed by atoms with Gasteiger partial charge in [-0.05, 0) is 19.4 Å². The molecule has 0 aromatic heterocycles. The minimum absolute atomic E-state index is 0.153. The number of carboxylic acids is 1. The molecule has 1 aromatic rings. The highest BCUT2D eigenvalue weighted by Crippen LogP contribution is 2.30. The fourth-order valence-electron chi connectivity index (χ4n) is 2.06. The van der Waals surface area contributed by atoms with Crippen LogP contribution in [0.3, 0.4) is 0 Å². The van der Waals surface area contributed by atoms with E-state index in [1.54, 1.807) is 6.92 Å². The molecule has 1 N–H and O–H groups in total. The molecule has 1 saturated heterocycles. The van der Waals surface area contributed by atoms with Crippen molar-refractivity contribution in [3.05, 3.63) is 33.4 Å². The molecule has 108 valence electrons. The van der Waals surface area contributed by atoms with Crippen LogP contribution in [0.25, 0.3) is 0 Å². The summed E-state index contributed by atoms with van der Waals surface area (Å²) in [4.78, 5) is 21.3. The number of ether oxygens (including phenoxy) is 2. The Morgan fingerprint density at radius 1 is 1.60 bits per heavy atom. The lowest BCUT2D eigenvalue weighted by Gasteiger charge is -2.13. The molecule has 0 spiro atoms. The van der Waals surface area contributed by atoms with E-state index in [-0.39, 0.29) is 22.9 Å². The van der Waals surface area contributed by atoms with E-state index in [0.29, 0.717) is 25.4 Å². The molecule has 0 amide bonds. The number of carbonyl (C=O) groups is 1. The number of hydrogen-bond donors (Lipinski definition) is 1. The third-order valence-electron chi connectivity index (χ3n) is 3.27. The molecule has 0 aliphatic carbocycles. The highest BCUT2D eigenvalue weighted by molar-refractivity contribution is 5.89. The van der Waals surface area contributed by atoms with Crippen molar-refractivity contribution in [3.63, 3.8) is 0 Å². The van der Waals surface area contributed by atoms with Crippen molar-refractivity contribution in [2.75, 3.05) is 19.8 Å². The molecule has 2 rings (SSSR count). The zero-order valence-electron chi connectivity index (χ0n) is 11.0. The molecular formula is C13H15NO6. The second kappa shape index (κ2) is 5.87. The van der Waals surface area contributed by atoms with Crippen molar-refractivity contribution in [3.8, 4) is 5.75 Å². The van der Waals surface area contributed by atoms with Gasteiger partial charge in [0.05, 0.1) is 29.3 Å². The summed E-state index contributed by atoms with van der Waals surface area (Å²) < 4.78 is 10.8. The molecule has 0 bridgehead atoms. The number of nitro groups is 1. The van der Waals surface area contributed by atoms with Gasteiger partial charge in [0.25, 0.3) is 5.69 Å². The predicted octanol–water partition coefficient (Wildman–Crippen LogP) is 2.02. The van der Waals surface area contributed by atoms with E-state index in [1.165, 1.54) is 6.07 Å². The summed E-state index contributed by atoms with van der Waals surface area (Å²) in [5, 5.41) is 19.9. The number of nitrogens with zero attached hydrogens (tertiary/aromatic N) is 1. The van der Waals surface area contributed by atoms with E-state index in [1.807, 2.05) is 0 Å². The second-order valence-corrected chi connectivity index (χ2v) is 4.72. The van der Waals surface area contributed by atoms with Crippen molar-refractivity contribution >= 4 is 11.7 Å². The van der Waals surface area contributed by atoms with Crippen LogP contribution in [-0.2, 0) is 4.74 Å². The van der Waals surface area contributed by atoms with Crippen LogP contribution in [0.2, 0.25) is 0 Å². The van der Waals surface area contributed by atoms with Gasteiger partial charge in [0.15, 0.2) is 0 Å². The quantitative estimate of drug-likeness (QED) is 0.654. The van der Waals surface area contributed by atoms with Gasteiger partial charge < -0.3 is 14.6 Å². The average molecular weight is 281 g/mol. The lowest BCUT2D eigenvalue weighted by atomic mass is 10.1. The second-order valence-electron chi connectivity index (χ2n) is 4.72. The SMILES string of the molecule is Cc1c(OCC2CCOC2)cc(C(=O)O)cc1[N+](=O)[O-]. The lowest BCUT2D eigenvalue weighted by molar-refractivity contribution is -0.385. The van der Waals surface area contributed by atoms with Gasteiger partial charge in [0.1, 0.15) is 5.75 Å². The van der Waals surface area contributed by atoms with Crippen LogP contribution in [0.5, 0.6) is 5.75 Å². The van der Waals surface area contributed by atoms with Crippen LogP contribution in [0.15, 0.2) is 12.1 Å². The third-order valence-corrected chi connectivity index (χ3v) is 3.27. The Morgan fingerprint density at radius 2 is 2.35 bits per heavy atom.